The summed E-state index contributed by atoms with van der Waals surface area (Å²) in [6, 6.07) is 0.453. The van der Waals surface area contributed by atoms with E-state index in [2.05, 4.69) is 57.6 Å². The van der Waals surface area contributed by atoms with Crippen molar-refractivity contribution in [1.29, 1.82) is 0 Å². The Bertz CT molecular complexity index is 152. The Kier molecular flexibility index (Phi) is 5.23. The average molecular weight is 184 g/mol. The zero-order valence-electron chi connectivity index (χ0n) is 9.96. The summed E-state index contributed by atoms with van der Waals surface area (Å²) < 4.78 is 0. The van der Waals surface area contributed by atoms with Crippen LogP contribution in [0.25, 0.3) is 0 Å². The fraction of sp³-hybridized carbons (Fsp3) is 0.909. The Labute approximate surface area is 83.0 Å². The second-order valence-electron chi connectivity index (χ2n) is 4.41. The van der Waals surface area contributed by atoms with Gasteiger partial charge in [-0.25, -0.2) is 0 Å². The summed E-state index contributed by atoms with van der Waals surface area (Å²) in [7, 11) is 0. The summed E-state index contributed by atoms with van der Waals surface area (Å²) >= 11 is 0. The van der Waals surface area contributed by atoms with Gasteiger partial charge in [0, 0.05) is 12.3 Å². The zero-order chi connectivity index (χ0) is 10.5. The van der Waals surface area contributed by atoms with E-state index in [4.69, 9.17) is 0 Å². The SMILES string of the molecule is CCN(CC)C(C)C=NC(C)(C)C. The highest BCUT2D eigenvalue weighted by atomic mass is 15.1. The first-order valence-corrected chi connectivity index (χ1v) is 5.20. The maximum Gasteiger partial charge on any atom is 0.0520 e. The number of aliphatic imine (C=N–C) groups is 1. The van der Waals surface area contributed by atoms with Gasteiger partial charge in [-0.1, -0.05) is 13.8 Å². The average Bonchev–Trinajstić information content (AvgIpc) is 2.02. The van der Waals surface area contributed by atoms with Crippen LogP contribution in [0.4, 0.5) is 0 Å². The molecule has 0 radical (unpaired) electrons. The van der Waals surface area contributed by atoms with E-state index in [0.717, 1.165) is 13.1 Å². The Morgan fingerprint density at radius 3 is 2.00 bits per heavy atom. The van der Waals surface area contributed by atoms with Gasteiger partial charge in [-0.15, -0.1) is 0 Å². The maximum absolute atomic E-state index is 4.51. The van der Waals surface area contributed by atoms with Crippen molar-refractivity contribution in [2.45, 2.75) is 53.1 Å². The molecule has 1 unspecified atom stereocenters. The van der Waals surface area contributed by atoms with Gasteiger partial charge in [0.05, 0.1) is 5.54 Å². The van der Waals surface area contributed by atoms with Gasteiger partial charge in [0.2, 0.25) is 0 Å². The Balaban J connectivity index is 4.12. The quantitative estimate of drug-likeness (QED) is 0.613. The monoisotopic (exact) mass is 184 g/mol. The molecule has 0 fully saturated rings. The van der Waals surface area contributed by atoms with Crippen LogP contribution in [0.5, 0.6) is 0 Å². The van der Waals surface area contributed by atoms with E-state index in [9.17, 15) is 0 Å². The molecule has 0 aliphatic carbocycles. The number of nitrogens with zero attached hydrogens (tertiary/aromatic N) is 2. The fourth-order valence-electron chi connectivity index (χ4n) is 1.23. The van der Waals surface area contributed by atoms with Crippen molar-refractivity contribution >= 4 is 6.21 Å². The van der Waals surface area contributed by atoms with Crippen molar-refractivity contribution in [2.75, 3.05) is 13.1 Å². The third-order valence-corrected chi connectivity index (χ3v) is 2.07. The lowest BCUT2D eigenvalue weighted by molar-refractivity contribution is 0.284. The molecule has 0 aromatic carbocycles. The van der Waals surface area contributed by atoms with Crippen LogP contribution in [0.1, 0.15) is 41.5 Å². The van der Waals surface area contributed by atoms with Crippen LogP contribution in [-0.2, 0) is 0 Å². The van der Waals surface area contributed by atoms with Crippen molar-refractivity contribution < 1.29 is 0 Å². The van der Waals surface area contributed by atoms with Gasteiger partial charge in [0.15, 0.2) is 0 Å². The molecule has 0 aliphatic rings. The smallest absolute Gasteiger partial charge is 0.0520 e. The molecule has 0 saturated heterocycles. The third kappa shape index (κ3) is 5.81. The van der Waals surface area contributed by atoms with Crippen LogP contribution >= 0.6 is 0 Å². The van der Waals surface area contributed by atoms with Crippen LogP contribution in [0.3, 0.4) is 0 Å². The summed E-state index contributed by atoms with van der Waals surface area (Å²) in [5, 5.41) is 0. The Morgan fingerprint density at radius 1 is 1.23 bits per heavy atom. The molecular weight excluding hydrogens is 160 g/mol. The molecular formula is C11H24N2. The predicted octanol–water partition coefficient (Wildman–Crippen LogP) is 2.59. The number of hydrogen-bond acceptors (Lipinski definition) is 2. The minimum Gasteiger partial charge on any atom is -0.296 e. The fourth-order valence-corrected chi connectivity index (χ4v) is 1.23. The van der Waals surface area contributed by atoms with E-state index < -0.39 is 0 Å². The van der Waals surface area contributed by atoms with Gasteiger partial charge < -0.3 is 0 Å². The van der Waals surface area contributed by atoms with E-state index in [1.165, 1.54) is 0 Å². The molecule has 0 rings (SSSR count). The summed E-state index contributed by atoms with van der Waals surface area (Å²) in [5.41, 5.74) is 0.0570. The lowest BCUT2D eigenvalue weighted by Crippen LogP contribution is -2.34. The van der Waals surface area contributed by atoms with Gasteiger partial charge in [0.25, 0.3) is 0 Å². The van der Waals surface area contributed by atoms with Crippen molar-refractivity contribution in [3.63, 3.8) is 0 Å². The highest BCUT2D eigenvalue weighted by Crippen LogP contribution is 2.06. The van der Waals surface area contributed by atoms with Crippen molar-refractivity contribution in [3.8, 4) is 0 Å². The van der Waals surface area contributed by atoms with Crippen LogP contribution < -0.4 is 0 Å². The van der Waals surface area contributed by atoms with Crippen LogP contribution in [0.15, 0.2) is 4.99 Å². The van der Waals surface area contributed by atoms with Gasteiger partial charge in [-0.2, -0.15) is 0 Å². The second kappa shape index (κ2) is 5.38. The molecule has 2 nitrogen and oxygen atoms in total. The second-order valence-corrected chi connectivity index (χ2v) is 4.41. The first kappa shape index (κ1) is 12.6. The minimum absolute atomic E-state index is 0.0570. The standard InChI is InChI=1S/C11H24N2/c1-7-13(8-2)10(3)9-12-11(4,5)6/h9-10H,7-8H2,1-6H3. The van der Waals surface area contributed by atoms with Gasteiger partial charge in [-0.05, 0) is 40.8 Å². The molecule has 0 N–H and O–H groups in total. The molecule has 0 spiro atoms. The molecule has 0 aromatic rings. The molecule has 1 atom stereocenters. The van der Waals surface area contributed by atoms with E-state index in [-0.39, 0.29) is 5.54 Å². The Morgan fingerprint density at radius 2 is 1.69 bits per heavy atom. The summed E-state index contributed by atoms with van der Waals surface area (Å²) in [6.07, 6.45) is 2.06. The van der Waals surface area contributed by atoms with Crippen LogP contribution in [0, 0.1) is 0 Å². The summed E-state index contributed by atoms with van der Waals surface area (Å²) in [6.45, 7) is 15.1. The molecule has 0 aromatic heterocycles. The molecule has 0 aliphatic heterocycles. The Hall–Kier alpha value is -0.370. The molecule has 0 heterocycles. The maximum atomic E-state index is 4.51. The van der Waals surface area contributed by atoms with Gasteiger partial charge in [0.1, 0.15) is 0 Å². The van der Waals surface area contributed by atoms with Crippen LogP contribution in [0.2, 0.25) is 0 Å². The molecule has 0 saturated carbocycles. The van der Waals surface area contributed by atoms with E-state index >= 15 is 0 Å². The van der Waals surface area contributed by atoms with E-state index in [1.54, 1.807) is 0 Å². The van der Waals surface area contributed by atoms with E-state index in [0.29, 0.717) is 6.04 Å². The van der Waals surface area contributed by atoms with Gasteiger partial charge in [-0.3, -0.25) is 9.89 Å². The van der Waals surface area contributed by atoms with Crippen molar-refractivity contribution in [2.24, 2.45) is 4.99 Å². The highest BCUT2D eigenvalue weighted by molar-refractivity contribution is 5.64. The van der Waals surface area contributed by atoms with Gasteiger partial charge >= 0.3 is 0 Å². The van der Waals surface area contributed by atoms with E-state index in [1.807, 2.05) is 0 Å². The summed E-state index contributed by atoms with van der Waals surface area (Å²) in [5.74, 6) is 0. The lowest BCUT2D eigenvalue weighted by atomic mass is 10.1. The van der Waals surface area contributed by atoms with Crippen molar-refractivity contribution in [1.82, 2.24) is 4.90 Å². The molecule has 2 heteroatoms. The van der Waals surface area contributed by atoms with Crippen LogP contribution in [-0.4, -0.2) is 35.8 Å². The molecule has 0 amide bonds. The normalized spacial score (nSPS) is 15.6. The molecule has 0 bridgehead atoms. The summed E-state index contributed by atoms with van der Waals surface area (Å²) in [4.78, 5) is 6.89. The number of hydrogen-bond donors (Lipinski definition) is 0. The molecule has 13 heavy (non-hydrogen) atoms. The third-order valence-electron chi connectivity index (χ3n) is 2.07. The lowest BCUT2D eigenvalue weighted by Gasteiger charge is -2.24. The number of rotatable bonds is 4. The largest absolute Gasteiger partial charge is 0.296 e. The topological polar surface area (TPSA) is 15.6 Å². The zero-order valence-corrected chi connectivity index (χ0v) is 9.96. The predicted molar refractivity (Wildman–Crippen MR) is 60.6 cm³/mol. The van der Waals surface area contributed by atoms with Crippen molar-refractivity contribution in [3.05, 3.63) is 0 Å². The first-order valence-electron chi connectivity index (χ1n) is 5.20. The minimum atomic E-state index is 0.0570. The highest BCUT2D eigenvalue weighted by Gasteiger charge is 2.09. The first-order chi connectivity index (χ1) is 5.90. The molecule has 78 valence electrons.